The van der Waals surface area contributed by atoms with Crippen LogP contribution in [0.1, 0.15) is 26.2 Å². The van der Waals surface area contributed by atoms with Crippen LogP contribution in [0.4, 0.5) is 4.79 Å². The summed E-state index contributed by atoms with van der Waals surface area (Å²) in [6.45, 7) is 3.90. The molecule has 22 heavy (non-hydrogen) atoms. The van der Waals surface area contributed by atoms with Crippen LogP contribution in [0.3, 0.4) is 0 Å². The first-order valence-corrected chi connectivity index (χ1v) is 7.61. The fourth-order valence-electron chi connectivity index (χ4n) is 2.85. The first-order chi connectivity index (χ1) is 10.5. The molecule has 0 aliphatic carbocycles. The van der Waals surface area contributed by atoms with Gasteiger partial charge in [-0.2, -0.15) is 0 Å². The molecule has 0 aromatic rings. The highest BCUT2D eigenvalue weighted by atomic mass is 16.2. The number of carbonyl (C=O) groups excluding carboxylic acids is 4. The SMILES string of the molecule is CCCN(C(=O)CN1C(=O)C(=O)N(C)C1=O)C1CCNCC1. The second-order valence-corrected chi connectivity index (χ2v) is 5.61. The maximum absolute atomic E-state index is 12.5. The Bertz CT molecular complexity index is 487. The van der Waals surface area contributed by atoms with Crippen molar-refractivity contribution in [3.8, 4) is 0 Å². The molecule has 2 heterocycles. The van der Waals surface area contributed by atoms with Gasteiger partial charge in [0.25, 0.3) is 0 Å². The smallest absolute Gasteiger partial charge is 0.334 e. The summed E-state index contributed by atoms with van der Waals surface area (Å²) in [6.07, 6.45) is 2.51. The number of nitrogens with one attached hydrogen (secondary N) is 1. The lowest BCUT2D eigenvalue weighted by Gasteiger charge is -2.35. The molecule has 5 amide bonds. The molecule has 8 heteroatoms. The van der Waals surface area contributed by atoms with Crippen molar-refractivity contribution in [2.45, 2.75) is 32.2 Å². The standard InChI is InChI=1S/C14H22N4O4/c1-3-8-17(10-4-6-15-7-5-10)11(19)9-18-13(21)12(20)16(2)14(18)22/h10,15H,3-9H2,1-2H3. The van der Waals surface area contributed by atoms with Gasteiger partial charge in [0.15, 0.2) is 0 Å². The maximum atomic E-state index is 12.5. The number of rotatable bonds is 5. The molecule has 122 valence electrons. The van der Waals surface area contributed by atoms with Gasteiger partial charge in [0, 0.05) is 19.6 Å². The van der Waals surface area contributed by atoms with Crippen molar-refractivity contribution in [2.24, 2.45) is 0 Å². The lowest BCUT2D eigenvalue weighted by atomic mass is 10.0. The Hall–Kier alpha value is -1.96. The van der Waals surface area contributed by atoms with E-state index in [1.165, 1.54) is 7.05 Å². The van der Waals surface area contributed by atoms with E-state index in [1.807, 2.05) is 6.92 Å². The van der Waals surface area contributed by atoms with Crippen LogP contribution in [-0.4, -0.2) is 77.7 Å². The molecule has 0 aromatic heterocycles. The number of carbonyl (C=O) groups is 4. The van der Waals surface area contributed by atoms with Crippen LogP contribution in [0, 0.1) is 0 Å². The van der Waals surface area contributed by atoms with Crippen molar-refractivity contribution < 1.29 is 19.2 Å². The van der Waals surface area contributed by atoms with Gasteiger partial charge in [0.05, 0.1) is 0 Å². The van der Waals surface area contributed by atoms with Gasteiger partial charge in [-0.1, -0.05) is 6.92 Å². The lowest BCUT2D eigenvalue weighted by molar-refractivity contribution is -0.145. The fourth-order valence-corrected chi connectivity index (χ4v) is 2.85. The third-order valence-corrected chi connectivity index (χ3v) is 4.08. The Morgan fingerprint density at radius 2 is 1.86 bits per heavy atom. The first kappa shape index (κ1) is 16.4. The van der Waals surface area contributed by atoms with Crippen LogP contribution in [0.15, 0.2) is 0 Å². The summed E-state index contributed by atoms with van der Waals surface area (Å²) in [4.78, 5) is 50.8. The van der Waals surface area contributed by atoms with E-state index in [0.29, 0.717) is 6.54 Å². The fraction of sp³-hybridized carbons (Fsp3) is 0.714. The number of nitrogens with zero attached hydrogens (tertiary/aromatic N) is 3. The van der Waals surface area contributed by atoms with E-state index in [9.17, 15) is 19.2 Å². The Labute approximate surface area is 129 Å². The van der Waals surface area contributed by atoms with Crippen LogP contribution < -0.4 is 5.32 Å². The Morgan fingerprint density at radius 1 is 1.23 bits per heavy atom. The van der Waals surface area contributed by atoms with E-state index in [-0.39, 0.29) is 18.5 Å². The van der Waals surface area contributed by atoms with Gasteiger partial charge in [0.2, 0.25) is 5.91 Å². The highest BCUT2D eigenvalue weighted by Crippen LogP contribution is 2.15. The zero-order valence-corrected chi connectivity index (χ0v) is 13.0. The van der Waals surface area contributed by atoms with E-state index < -0.39 is 17.8 Å². The van der Waals surface area contributed by atoms with Crippen molar-refractivity contribution in [1.29, 1.82) is 0 Å². The van der Waals surface area contributed by atoms with Gasteiger partial charge < -0.3 is 10.2 Å². The third-order valence-electron chi connectivity index (χ3n) is 4.08. The van der Waals surface area contributed by atoms with E-state index in [1.54, 1.807) is 4.90 Å². The summed E-state index contributed by atoms with van der Waals surface area (Å²) in [7, 11) is 1.24. The van der Waals surface area contributed by atoms with E-state index in [0.717, 1.165) is 42.2 Å². The molecule has 2 fully saturated rings. The molecule has 0 radical (unpaired) electrons. The average molecular weight is 310 g/mol. The van der Waals surface area contributed by atoms with Gasteiger partial charge in [-0.05, 0) is 32.4 Å². The molecule has 2 rings (SSSR count). The molecule has 8 nitrogen and oxygen atoms in total. The molecule has 0 atom stereocenters. The van der Waals surface area contributed by atoms with Crippen molar-refractivity contribution in [1.82, 2.24) is 20.0 Å². The van der Waals surface area contributed by atoms with Gasteiger partial charge in [-0.3, -0.25) is 19.3 Å². The summed E-state index contributed by atoms with van der Waals surface area (Å²) in [5.74, 6) is -2.09. The molecule has 2 saturated heterocycles. The Morgan fingerprint density at radius 3 is 2.36 bits per heavy atom. The van der Waals surface area contributed by atoms with Crippen molar-refractivity contribution in [2.75, 3.05) is 33.2 Å². The minimum Gasteiger partial charge on any atom is -0.338 e. The summed E-state index contributed by atoms with van der Waals surface area (Å²) < 4.78 is 0. The molecule has 0 bridgehead atoms. The van der Waals surface area contributed by atoms with E-state index in [4.69, 9.17) is 0 Å². The Balaban J connectivity index is 2.06. The molecule has 0 spiro atoms. The quantitative estimate of drug-likeness (QED) is 0.541. The van der Waals surface area contributed by atoms with Crippen LogP contribution in [0.2, 0.25) is 0 Å². The first-order valence-electron chi connectivity index (χ1n) is 7.61. The molecule has 0 saturated carbocycles. The normalized spacial score (nSPS) is 20.0. The summed E-state index contributed by atoms with van der Waals surface area (Å²) in [6, 6.07) is -0.611. The molecule has 2 aliphatic rings. The number of urea groups is 1. The van der Waals surface area contributed by atoms with Crippen molar-refractivity contribution in [3.05, 3.63) is 0 Å². The highest BCUT2D eigenvalue weighted by molar-refractivity contribution is 6.44. The molecular formula is C14H22N4O4. The van der Waals surface area contributed by atoms with Crippen LogP contribution >= 0.6 is 0 Å². The molecular weight excluding hydrogens is 288 g/mol. The minimum atomic E-state index is -0.928. The number of imide groups is 2. The average Bonchev–Trinajstić information content (AvgIpc) is 2.71. The largest absolute Gasteiger partial charge is 0.338 e. The minimum absolute atomic E-state index is 0.120. The molecule has 2 aliphatic heterocycles. The number of hydrogen-bond donors (Lipinski definition) is 1. The zero-order chi connectivity index (χ0) is 16.3. The monoisotopic (exact) mass is 310 g/mol. The summed E-state index contributed by atoms with van der Waals surface area (Å²) in [5, 5.41) is 3.24. The maximum Gasteiger partial charge on any atom is 0.334 e. The van der Waals surface area contributed by atoms with Gasteiger partial charge in [-0.25, -0.2) is 9.69 Å². The number of likely N-dealkylation sites (N-methyl/N-ethyl adjacent to an activating group) is 1. The van der Waals surface area contributed by atoms with Crippen LogP contribution in [0.25, 0.3) is 0 Å². The Kier molecular flexibility index (Phi) is 5.12. The second kappa shape index (κ2) is 6.87. The second-order valence-electron chi connectivity index (χ2n) is 5.61. The number of amides is 5. The predicted molar refractivity (Wildman–Crippen MR) is 77.8 cm³/mol. The molecule has 0 aromatic carbocycles. The van der Waals surface area contributed by atoms with Crippen LogP contribution in [-0.2, 0) is 14.4 Å². The third kappa shape index (κ3) is 3.11. The van der Waals surface area contributed by atoms with Crippen LogP contribution in [0.5, 0.6) is 0 Å². The van der Waals surface area contributed by atoms with E-state index >= 15 is 0 Å². The van der Waals surface area contributed by atoms with E-state index in [2.05, 4.69) is 5.32 Å². The van der Waals surface area contributed by atoms with Gasteiger partial charge >= 0.3 is 17.8 Å². The van der Waals surface area contributed by atoms with Gasteiger partial charge in [0.1, 0.15) is 6.54 Å². The predicted octanol–water partition coefficient (Wildman–Crippen LogP) is -0.602. The van der Waals surface area contributed by atoms with Crippen molar-refractivity contribution >= 4 is 23.8 Å². The molecule has 1 N–H and O–H groups in total. The molecule has 0 unspecified atom stereocenters. The zero-order valence-electron chi connectivity index (χ0n) is 13.0. The lowest BCUT2D eigenvalue weighted by Crippen LogP contribution is -2.50. The van der Waals surface area contributed by atoms with Crippen molar-refractivity contribution in [3.63, 3.8) is 0 Å². The number of hydrogen-bond acceptors (Lipinski definition) is 5. The highest BCUT2D eigenvalue weighted by Gasteiger charge is 2.43. The summed E-state index contributed by atoms with van der Waals surface area (Å²) in [5.41, 5.74) is 0. The summed E-state index contributed by atoms with van der Waals surface area (Å²) >= 11 is 0. The van der Waals surface area contributed by atoms with Gasteiger partial charge in [-0.15, -0.1) is 0 Å². The number of piperidine rings is 1. The topological polar surface area (TPSA) is 90.0 Å².